The van der Waals surface area contributed by atoms with Crippen molar-refractivity contribution in [2.24, 2.45) is 4.99 Å². The lowest BCUT2D eigenvalue weighted by Gasteiger charge is -2.17. The van der Waals surface area contributed by atoms with Crippen molar-refractivity contribution >= 4 is 23.0 Å². The van der Waals surface area contributed by atoms with Crippen LogP contribution in [0.15, 0.2) is 40.0 Å². The summed E-state index contributed by atoms with van der Waals surface area (Å²) in [6.07, 6.45) is 0. The second-order valence-corrected chi connectivity index (χ2v) is 6.72. The first-order valence-corrected chi connectivity index (χ1v) is 8.88. The Morgan fingerprint density at radius 1 is 1.29 bits per heavy atom. The zero-order chi connectivity index (χ0) is 17.5. The largest absolute Gasteiger partial charge is 0.375 e. The van der Waals surface area contributed by atoms with Crippen LogP contribution in [0.5, 0.6) is 0 Å². The lowest BCUT2D eigenvalue weighted by molar-refractivity contribution is 0.622. The van der Waals surface area contributed by atoms with Crippen LogP contribution in [0.4, 0.5) is 10.1 Å². The van der Waals surface area contributed by atoms with Crippen LogP contribution in [-0.4, -0.2) is 33.6 Å². The lowest BCUT2D eigenvalue weighted by Crippen LogP contribution is -2.38. The molecule has 0 amide bonds. The number of hydrogen-bond donors (Lipinski definition) is 2. The Morgan fingerprint density at radius 2 is 2.08 bits per heavy atom. The highest BCUT2D eigenvalue weighted by Crippen LogP contribution is 2.18. The minimum atomic E-state index is -0.215. The molecule has 1 aromatic heterocycles. The summed E-state index contributed by atoms with van der Waals surface area (Å²) >= 11 is 1.71. The van der Waals surface area contributed by atoms with E-state index >= 15 is 0 Å². The molecule has 1 aromatic carbocycles. The van der Waals surface area contributed by atoms with Gasteiger partial charge in [0.2, 0.25) is 0 Å². The molecule has 2 aromatic rings. The fourth-order valence-corrected chi connectivity index (χ4v) is 3.13. The van der Waals surface area contributed by atoms with Crippen LogP contribution in [0.25, 0.3) is 0 Å². The molecular formula is C18H25FN4S. The maximum Gasteiger partial charge on any atom is 0.191 e. The van der Waals surface area contributed by atoms with Gasteiger partial charge in [0.05, 0.1) is 5.69 Å². The van der Waals surface area contributed by atoms with Gasteiger partial charge in [-0.3, -0.25) is 4.99 Å². The quantitative estimate of drug-likeness (QED) is 0.621. The van der Waals surface area contributed by atoms with Crippen molar-refractivity contribution in [3.05, 3.63) is 52.0 Å². The van der Waals surface area contributed by atoms with E-state index < -0.39 is 0 Å². The maximum absolute atomic E-state index is 14.0. The van der Waals surface area contributed by atoms with Gasteiger partial charge in [0.25, 0.3) is 0 Å². The summed E-state index contributed by atoms with van der Waals surface area (Å²) in [5.41, 5.74) is 2.79. The molecule has 130 valence electrons. The van der Waals surface area contributed by atoms with Gasteiger partial charge in [-0.05, 0) is 46.0 Å². The number of benzene rings is 1. The normalized spacial score (nSPS) is 12.8. The van der Waals surface area contributed by atoms with Crippen molar-refractivity contribution in [1.82, 2.24) is 10.6 Å². The molecule has 0 saturated heterocycles. The molecule has 0 aliphatic rings. The number of halogens is 1. The third-order valence-corrected chi connectivity index (χ3v) is 4.57. The Hall–Kier alpha value is -2.08. The van der Waals surface area contributed by atoms with Crippen LogP contribution in [0.3, 0.4) is 0 Å². The highest BCUT2D eigenvalue weighted by Gasteiger charge is 2.08. The fraction of sp³-hybridized carbons (Fsp3) is 0.389. The number of nitrogens with zero attached hydrogens (tertiary/aromatic N) is 2. The van der Waals surface area contributed by atoms with Crippen LogP contribution in [0, 0.1) is 5.82 Å². The van der Waals surface area contributed by atoms with E-state index in [0.717, 1.165) is 12.1 Å². The summed E-state index contributed by atoms with van der Waals surface area (Å²) in [6.45, 7) is 3.50. The topological polar surface area (TPSA) is 39.7 Å². The molecule has 0 spiro atoms. The van der Waals surface area contributed by atoms with Crippen LogP contribution in [0.1, 0.15) is 24.0 Å². The first-order chi connectivity index (χ1) is 11.5. The highest BCUT2D eigenvalue weighted by atomic mass is 32.1. The van der Waals surface area contributed by atoms with E-state index in [-0.39, 0.29) is 5.82 Å². The first kappa shape index (κ1) is 18.3. The van der Waals surface area contributed by atoms with Crippen molar-refractivity contribution in [3.8, 4) is 0 Å². The Bertz CT molecular complexity index is 668. The number of aliphatic imine (C=N–C) groups is 1. The molecule has 1 unspecified atom stereocenters. The van der Waals surface area contributed by atoms with E-state index in [1.807, 2.05) is 20.2 Å². The van der Waals surface area contributed by atoms with Gasteiger partial charge in [-0.15, -0.1) is 0 Å². The Balaban J connectivity index is 1.86. The van der Waals surface area contributed by atoms with E-state index in [2.05, 4.69) is 39.4 Å². The molecule has 0 fully saturated rings. The van der Waals surface area contributed by atoms with Gasteiger partial charge in [0.15, 0.2) is 5.96 Å². The van der Waals surface area contributed by atoms with Crippen LogP contribution in [0.2, 0.25) is 0 Å². The Labute approximate surface area is 147 Å². The fourth-order valence-electron chi connectivity index (χ4n) is 2.35. The molecule has 24 heavy (non-hydrogen) atoms. The van der Waals surface area contributed by atoms with Crippen LogP contribution < -0.4 is 15.5 Å². The number of guanidine groups is 1. The van der Waals surface area contributed by atoms with Crippen molar-refractivity contribution in [2.45, 2.75) is 19.4 Å². The summed E-state index contributed by atoms with van der Waals surface area (Å²) < 4.78 is 14.0. The summed E-state index contributed by atoms with van der Waals surface area (Å²) in [4.78, 5) is 5.98. The molecule has 0 bridgehead atoms. The average molecular weight is 348 g/mol. The van der Waals surface area contributed by atoms with Gasteiger partial charge in [-0.25, -0.2) is 4.39 Å². The maximum atomic E-state index is 14.0. The second kappa shape index (κ2) is 8.68. The number of rotatable bonds is 6. The van der Waals surface area contributed by atoms with Gasteiger partial charge in [-0.2, -0.15) is 11.3 Å². The average Bonchev–Trinajstić information content (AvgIpc) is 3.09. The van der Waals surface area contributed by atoms with E-state index in [0.29, 0.717) is 24.1 Å². The van der Waals surface area contributed by atoms with E-state index in [4.69, 9.17) is 0 Å². The number of anilines is 1. The predicted molar refractivity (Wildman–Crippen MR) is 102 cm³/mol. The zero-order valence-corrected chi connectivity index (χ0v) is 15.5. The summed E-state index contributed by atoms with van der Waals surface area (Å²) in [7, 11) is 5.40. The van der Waals surface area contributed by atoms with Gasteiger partial charge >= 0.3 is 0 Å². The minimum Gasteiger partial charge on any atom is -0.375 e. The molecule has 2 N–H and O–H groups in total. The van der Waals surface area contributed by atoms with Gasteiger partial charge < -0.3 is 15.5 Å². The third kappa shape index (κ3) is 4.96. The lowest BCUT2D eigenvalue weighted by atomic mass is 10.1. The first-order valence-electron chi connectivity index (χ1n) is 7.93. The molecule has 0 aliphatic carbocycles. The van der Waals surface area contributed by atoms with E-state index in [1.54, 1.807) is 35.4 Å². The molecule has 0 saturated carbocycles. The summed E-state index contributed by atoms with van der Waals surface area (Å²) in [5.74, 6) is 0.911. The summed E-state index contributed by atoms with van der Waals surface area (Å²) in [6, 6.07) is 7.42. The monoisotopic (exact) mass is 348 g/mol. The predicted octanol–water partition coefficient (Wildman–Crippen LogP) is 3.42. The van der Waals surface area contributed by atoms with Crippen molar-refractivity contribution < 1.29 is 4.39 Å². The van der Waals surface area contributed by atoms with Gasteiger partial charge in [0, 0.05) is 34.2 Å². The van der Waals surface area contributed by atoms with Crippen molar-refractivity contribution in [3.63, 3.8) is 0 Å². The van der Waals surface area contributed by atoms with E-state index in [9.17, 15) is 4.39 Å². The molecule has 2 rings (SSSR count). The molecule has 6 heteroatoms. The third-order valence-electron chi connectivity index (χ3n) is 3.87. The Kier molecular flexibility index (Phi) is 6.61. The van der Waals surface area contributed by atoms with Crippen LogP contribution >= 0.6 is 11.3 Å². The SMILES string of the molecule is CN=C(NCc1ccc(N(C)C)c(F)c1)NCC(C)c1ccsc1. The summed E-state index contributed by atoms with van der Waals surface area (Å²) in [5, 5.41) is 10.8. The molecule has 1 heterocycles. The number of hydrogen-bond acceptors (Lipinski definition) is 3. The molecule has 1 atom stereocenters. The smallest absolute Gasteiger partial charge is 0.191 e. The zero-order valence-electron chi connectivity index (χ0n) is 14.6. The molecule has 4 nitrogen and oxygen atoms in total. The van der Waals surface area contributed by atoms with Crippen molar-refractivity contribution in [2.75, 3.05) is 32.6 Å². The Morgan fingerprint density at radius 3 is 2.67 bits per heavy atom. The standard InChI is InChI=1S/C18H25FN4S/c1-13(15-7-8-24-12-15)10-21-18(20-2)22-11-14-5-6-17(23(3)4)16(19)9-14/h5-9,12-13H,10-11H2,1-4H3,(H2,20,21,22). The highest BCUT2D eigenvalue weighted by molar-refractivity contribution is 7.07. The van der Waals surface area contributed by atoms with Crippen molar-refractivity contribution in [1.29, 1.82) is 0 Å². The number of nitrogens with one attached hydrogen (secondary N) is 2. The van der Waals surface area contributed by atoms with Crippen LogP contribution in [-0.2, 0) is 6.54 Å². The molecule has 0 radical (unpaired) electrons. The minimum absolute atomic E-state index is 0.215. The van der Waals surface area contributed by atoms with Gasteiger partial charge in [-0.1, -0.05) is 13.0 Å². The second-order valence-electron chi connectivity index (χ2n) is 5.94. The van der Waals surface area contributed by atoms with Gasteiger partial charge in [0.1, 0.15) is 5.82 Å². The molecular weight excluding hydrogens is 323 g/mol. The van der Waals surface area contributed by atoms with E-state index in [1.165, 1.54) is 5.56 Å². The molecule has 0 aliphatic heterocycles. The number of thiophene rings is 1.